The first-order valence-corrected chi connectivity index (χ1v) is 7.60. The molecule has 0 bridgehead atoms. The minimum absolute atomic E-state index is 0.269. The summed E-state index contributed by atoms with van der Waals surface area (Å²) in [7, 11) is 1.73. The first kappa shape index (κ1) is 14.8. The topological polar surface area (TPSA) is 33.3 Å². The molecule has 2 N–H and O–H groups in total. The highest BCUT2D eigenvalue weighted by Gasteiger charge is 2.29. The van der Waals surface area contributed by atoms with Gasteiger partial charge in [-0.3, -0.25) is 0 Å². The van der Waals surface area contributed by atoms with Crippen LogP contribution in [0.1, 0.15) is 25.8 Å². The fourth-order valence-electron chi connectivity index (χ4n) is 2.66. The highest BCUT2D eigenvalue weighted by atomic mass is 79.9. The van der Waals surface area contributed by atoms with Gasteiger partial charge in [0.25, 0.3) is 0 Å². The molecule has 0 amide bonds. The molecule has 1 aromatic carbocycles. The zero-order chi connectivity index (χ0) is 13.9. The smallest absolute Gasteiger partial charge is 0.122 e. The maximum atomic E-state index is 5.39. The second-order valence-electron chi connectivity index (χ2n) is 5.83. The van der Waals surface area contributed by atoms with Crippen molar-refractivity contribution in [3.8, 4) is 5.75 Å². The third-order valence-corrected chi connectivity index (χ3v) is 4.15. The average Bonchev–Trinajstić information content (AvgIpc) is 2.69. The van der Waals surface area contributed by atoms with Gasteiger partial charge in [-0.15, -0.1) is 0 Å². The summed E-state index contributed by atoms with van der Waals surface area (Å²) in [4.78, 5) is 0. The van der Waals surface area contributed by atoms with Gasteiger partial charge in [0.05, 0.1) is 7.11 Å². The minimum Gasteiger partial charge on any atom is -0.496 e. The highest BCUT2D eigenvalue weighted by Crippen LogP contribution is 2.23. The molecule has 1 unspecified atom stereocenters. The Morgan fingerprint density at radius 1 is 1.47 bits per heavy atom. The van der Waals surface area contributed by atoms with Crippen LogP contribution in [0.4, 0.5) is 0 Å². The molecule has 3 nitrogen and oxygen atoms in total. The lowest BCUT2D eigenvalue weighted by Gasteiger charge is -2.17. The molecule has 1 aliphatic heterocycles. The van der Waals surface area contributed by atoms with Crippen molar-refractivity contribution in [1.29, 1.82) is 0 Å². The van der Waals surface area contributed by atoms with Crippen LogP contribution in [-0.2, 0) is 6.42 Å². The van der Waals surface area contributed by atoms with E-state index in [1.807, 2.05) is 12.1 Å². The lowest BCUT2D eigenvalue weighted by Crippen LogP contribution is -2.32. The summed E-state index contributed by atoms with van der Waals surface area (Å²) in [6.07, 6.45) is 2.17. The van der Waals surface area contributed by atoms with E-state index in [2.05, 4.69) is 46.5 Å². The normalized spacial score (nSPS) is 21.6. The summed E-state index contributed by atoms with van der Waals surface area (Å²) in [5, 5.41) is 7.15. The first-order valence-electron chi connectivity index (χ1n) is 6.81. The largest absolute Gasteiger partial charge is 0.496 e. The molecule has 1 aromatic rings. The maximum absolute atomic E-state index is 5.39. The van der Waals surface area contributed by atoms with Crippen molar-refractivity contribution in [2.45, 2.75) is 38.3 Å². The average molecular weight is 327 g/mol. The number of halogens is 1. The molecule has 19 heavy (non-hydrogen) atoms. The number of rotatable bonds is 5. The van der Waals surface area contributed by atoms with Gasteiger partial charge in [-0.25, -0.2) is 0 Å². The third kappa shape index (κ3) is 4.20. The summed E-state index contributed by atoms with van der Waals surface area (Å²) < 4.78 is 6.50. The van der Waals surface area contributed by atoms with E-state index < -0.39 is 0 Å². The molecule has 2 rings (SSSR count). The van der Waals surface area contributed by atoms with Crippen LogP contribution in [0.3, 0.4) is 0 Å². The molecular formula is C15H23BrN2O. The van der Waals surface area contributed by atoms with Gasteiger partial charge >= 0.3 is 0 Å². The number of nitrogens with one attached hydrogen (secondary N) is 2. The SMILES string of the molecule is COc1ccc(Br)cc1CCNC1CNC(C)(C)C1. The zero-order valence-corrected chi connectivity index (χ0v) is 13.5. The molecule has 1 fully saturated rings. The van der Waals surface area contributed by atoms with Crippen molar-refractivity contribution in [1.82, 2.24) is 10.6 Å². The van der Waals surface area contributed by atoms with Gasteiger partial charge in [0.2, 0.25) is 0 Å². The number of ether oxygens (including phenoxy) is 1. The quantitative estimate of drug-likeness (QED) is 0.872. The van der Waals surface area contributed by atoms with E-state index in [0.717, 1.165) is 29.7 Å². The number of benzene rings is 1. The van der Waals surface area contributed by atoms with E-state index in [4.69, 9.17) is 4.74 Å². The van der Waals surface area contributed by atoms with Crippen molar-refractivity contribution in [2.75, 3.05) is 20.2 Å². The molecule has 1 heterocycles. The van der Waals surface area contributed by atoms with Crippen molar-refractivity contribution < 1.29 is 4.74 Å². The highest BCUT2D eigenvalue weighted by molar-refractivity contribution is 9.10. The molecule has 0 spiro atoms. The molecule has 1 aliphatic rings. The molecule has 0 aromatic heterocycles. The van der Waals surface area contributed by atoms with Crippen LogP contribution in [0.2, 0.25) is 0 Å². The number of hydrogen-bond donors (Lipinski definition) is 2. The fourth-order valence-corrected chi connectivity index (χ4v) is 3.07. The van der Waals surface area contributed by atoms with E-state index in [0.29, 0.717) is 6.04 Å². The molecule has 1 atom stereocenters. The van der Waals surface area contributed by atoms with Crippen molar-refractivity contribution in [2.24, 2.45) is 0 Å². The Balaban J connectivity index is 1.84. The second kappa shape index (κ2) is 6.25. The van der Waals surface area contributed by atoms with Gasteiger partial charge in [-0.05, 0) is 57.0 Å². The third-order valence-electron chi connectivity index (χ3n) is 3.65. The maximum Gasteiger partial charge on any atom is 0.122 e. The first-order chi connectivity index (χ1) is 9.00. The predicted octanol–water partition coefficient (Wildman–Crippen LogP) is 2.73. The van der Waals surface area contributed by atoms with Crippen LogP contribution < -0.4 is 15.4 Å². The standard InChI is InChI=1S/C15H23BrN2O/c1-15(2)9-13(10-18-15)17-7-6-11-8-12(16)4-5-14(11)19-3/h4-5,8,13,17-18H,6-7,9-10H2,1-3H3. The minimum atomic E-state index is 0.269. The van der Waals surface area contributed by atoms with E-state index in [9.17, 15) is 0 Å². The summed E-state index contributed by atoms with van der Waals surface area (Å²) >= 11 is 3.51. The van der Waals surface area contributed by atoms with E-state index in [1.165, 1.54) is 12.0 Å². The fraction of sp³-hybridized carbons (Fsp3) is 0.600. The molecule has 106 valence electrons. The summed E-state index contributed by atoms with van der Waals surface area (Å²) in [5.41, 5.74) is 1.51. The van der Waals surface area contributed by atoms with Gasteiger partial charge in [0.15, 0.2) is 0 Å². The van der Waals surface area contributed by atoms with Crippen molar-refractivity contribution >= 4 is 15.9 Å². The lowest BCUT2D eigenvalue weighted by molar-refractivity contribution is 0.407. The van der Waals surface area contributed by atoms with Gasteiger partial charge in [0, 0.05) is 22.6 Å². The van der Waals surface area contributed by atoms with Gasteiger partial charge in [-0.1, -0.05) is 15.9 Å². The summed E-state index contributed by atoms with van der Waals surface area (Å²) in [6.45, 7) is 6.55. The van der Waals surface area contributed by atoms with E-state index in [-0.39, 0.29) is 5.54 Å². The Labute approximate surface area is 124 Å². The number of hydrogen-bond acceptors (Lipinski definition) is 3. The van der Waals surface area contributed by atoms with Crippen LogP contribution in [0.5, 0.6) is 5.75 Å². The molecule has 0 saturated carbocycles. The van der Waals surface area contributed by atoms with Crippen LogP contribution >= 0.6 is 15.9 Å². The Morgan fingerprint density at radius 2 is 2.26 bits per heavy atom. The van der Waals surface area contributed by atoms with Crippen LogP contribution in [0.25, 0.3) is 0 Å². The van der Waals surface area contributed by atoms with E-state index >= 15 is 0 Å². The van der Waals surface area contributed by atoms with Crippen molar-refractivity contribution in [3.05, 3.63) is 28.2 Å². The Bertz CT molecular complexity index is 434. The lowest BCUT2D eigenvalue weighted by atomic mass is 10.0. The van der Waals surface area contributed by atoms with Gasteiger partial charge in [-0.2, -0.15) is 0 Å². The number of methoxy groups -OCH3 is 1. The Morgan fingerprint density at radius 3 is 2.89 bits per heavy atom. The predicted molar refractivity (Wildman–Crippen MR) is 82.9 cm³/mol. The zero-order valence-electron chi connectivity index (χ0n) is 11.9. The molecule has 4 heteroatoms. The van der Waals surface area contributed by atoms with Crippen LogP contribution in [-0.4, -0.2) is 31.8 Å². The van der Waals surface area contributed by atoms with Crippen molar-refractivity contribution in [3.63, 3.8) is 0 Å². The van der Waals surface area contributed by atoms with Crippen LogP contribution in [0, 0.1) is 0 Å². The molecule has 1 saturated heterocycles. The summed E-state index contributed by atoms with van der Waals surface area (Å²) in [5.74, 6) is 0.967. The Kier molecular flexibility index (Phi) is 4.87. The monoisotopic (exact) mass is 326 g/mol. The second-order valence-corrected chi connectivity index (χ2v) is 6.74. The van der Waals surface area contributed by atoms with Gasteiger partial charge < -0.3 is 15.4 Å². The van der Waals surface area contributed by atoms with Crippen LogP contribution in [0.15, 0.2) is 22.7 Å². The molecular weight excluding hydrogens is 304 g/mol. The van der Waals surface area contributed by atoms with Gasteiger partial charge in [0.1, 0.15) is 5.75 Å². The summed E-state index contributed by atoms with van der Waals surface area (Å²) in [6, 6.07) is 6.74. The Hall–Kier alpha value is -0.580. The molecule has 0 radical (unpaired) electrons. The van der Waals surface area contributed by atoms with E-state index in [1.54, 1.807) is 7.11 Å². The molecule has 0 aliphatic carbocycles.